The molecule has 0 radical (unpaired) electrons. The van der Waals surface area contributed by atoms with Crippen molar-refractivity contribution in [1.29, 1.82) is 0 Å². The third-order valence-electron chi connectivity index (χ3n) is 2.69. The summed E-state index contributed by atoms with van der Waals surface area (Å²) in [6.45, 7) is 8.66. The van der Waals surface area contributed by atoms with Crippen LogP contribution in [-0.4, -0.2) is 32.8 Å². The van der Waals surface area contributed by atoms with E-state index < -0.39 is 0 Å². The Bertz CT molecular complexity index is 470. The first-order valence-corrected chi connectivity index (χ1v) is 7.55. The average molecular weight is 314 g/mol. The summed E-state index contributed by atoms with van der Waals surface area (Å²) in [4.78, 5) is 4.51. The Morgan fingerprint density at radius 2 is 1.86 bits per heavy atom. The highest BCUT2D eigenvalue weighted by molar-refractivity contribution is 6.32. The highest BCUT2D eigenvalue weighted by Gasteiger charge is 2.11. The van der Waals surface area contributed by atoms with Gasteiger partial charge in [-0.05, 0) is 38.5 Å². The summed E-state index contributed by atoms with van der Waals surface area (Å²) in [6, 6.07) is 3.75. The lowest BCUT2D eigenvalue weighted by molar-refractivity contribution is 0.311. The Balaban J connectivity index is 2.93. The first kappa shape index (κ1) is 17.4. The molecule has 0 atom stereocenters. The lowest BCUT2D eigenvalue weighted by Crippen LogP contribution is -2.36. The zero-order valence-corrected chi connectivity index (χ0v) is 13.9. The monoisotopic (exact) mass is 313 g/mol. The van der Waals surface area contributed by atoms with Crippen molar-refractivity contribution in [2.75, 3.05) is 26.8 Å². The summed E-state index contributed by atoms with van der Waals surface area (Å²) in [5, 5.41) is 6.89. The molecule has 0 saturated heterocycles. The van der Waals surface area contributed by atoms with Gasteiger partial charge in [-0.3, -0.25) is 0 Å². The van der Waals surface area contributed by atoms with Crippen molar-refractivity contribution in [2.24, 2.45) is 4.99 Å². The summed E-state index contributed by atoms with van der Waals surface area (Å²) in [5.41, 5.74) is 0.966. The second kappa shape index (κ2) is 9.34. The van der Waals surface area contributed by atoms with Crippen LogP contribution in [0, 0.1) is 0 Å². The minimum absolute atomic E-state index is 0.512. The maximum Gasteiger partial charge on any atom is 0.191 e. The van der Waals surface area contributed by atoms with Crippen LogP contribution in [0.5, 0.6) is 11.5 Å². The van der Waals surface area contributed by atoms with Gasteiger partial charge in [0.05, 0.1) is 25.3 Å². The lowest BCUT2D eigenvalue weighted by atomic mass is 10.2. The van der Waals surface area contributed by atoms with Crippen LogP contribution >= 0.6 is 11.6 Å². The predicted octanol–water partition coefficient (Wildman–Crippen LogP) is 2.82. The molecule has 6 heteroatoms. The second-order valence-electron chi connectivity index (χ2n) is 4.27. The van der Waals surface area contributed by atoms with Gasteiger partial charge < -0.3 is 20.1 Å². The first-order chi connectivity index (χ1) is 10.2. The number of ether oxygens (including phenoxy) is 2. The molecule has 0 bridgehead atoms. The maximum atomic E-state index is 6.24. The molecule has 0 aromatic heterocycles. The van der Waals surface area contributed by atoms with Crippen LogP contribution in [0.2, 0.25) is 5.02 Å². The quantitative estimate of drug-likeness (QED) is 0.600. The summed E-state index contributed by atoms with van der Waals surface area (Å²) in [7, 11) is 1.60. The number of hydrogen-bond acceptors (Lipinski definition) is 3. The van der Waals surface area contributed by atoms with E-state index >= 15 is 0 Å². The molecule has 0 aliphatic carbocycles. The van der Waals surface area contributed by atoms with Gasteiger partial charge in [0.25, 0.3) is 0 Å². The van der Waals surface area contributed by atoms with E-state index in [0.717, 1.165) is 24.6 Å². The van der Waals surface area contributed by atoms with Crippen molar-refractivity contribution >= 4 is 17.6 Å². The molecular formula is C15H24ClN3O2. The van der Waals surface area contributed by atoms with Crippen LogP contribution in [-0.2, 0) is 6.54 Å². The van der Waals surface area contributed by atoms with Crippen LogP contribution in [0.1, 0.15) is 26.3 Å². The fourth-order valence-corrected chi connectivity index (χ4v) is 2.12. The van der Waals surface area contributed by atoms with E-state index in [4.69, 9.17) is 21.1 Å². The Morgan fingerprint density at radius 3 is 2.38 bits per heavy atom. The van der Waals surface area contributed by atoms with Crippen molar-refractivity contribution in [3.05, 3.63) is 22.7 Å². The number of guanidine groups is 1. The van der Waals surface area contributed by atoms with Gasteiger partial charge in [0.15, 0.2) is 17.5 Å². The fraction of sp³-hybridized carbons (Fsp3) is 0.533. The molecule has 0 heterocycles. The van der Waals surface area contributed by atoms with Gasteiger partial charge in [-0.1, -0.05) is 11.6 Å². The Hall–Kier alpha value is -1.62. The highest BCUT2D eigenvalue weighted by atomic mass is 35.5. The second-order valence-corrected chi connectivity index (χ2v) is 4.67. The van der Waals surface area contributed by atoms with Crippen molar-refractivity contribution in [3.8, 4) is 11.5 Å². The molecule has 1 aromatic carbocycles. The lowest BCUT2D eigenvalue weighted by Gasteiger charge is -2.13. The molecule has 5 nitrogen and oxygen atoms in total. The number of halogens is 1. The van der Waals surface area contributed by atoms with Gasteiger partial charge >= 0.3 is 0 Å². The molecule has 0 unspecified atom stereocenters. The molecule has 0 aliphatic heterocycles. The largest absolute Gasteiger partial charge is 0.493 e. The molecule has 1 aromatic rings. The SMILES string of the molecule is CCNC(=NCc1cc(Cl)c(OCC)c(OC)c1)NCC. The van der Waals surface area contributed by atoms with Gasteiger partial charge in [-0.2, -0.15) is 0 Å². The van der Waals surface area contributed by atoms with E-state index in [9.17, 15) is 0 Å². The minimum atomic E-state index is 0.512. The Kier molecular flexibility index (Phi) is 7.75. The van der Waals surface area contributed by atoms with Gasteiger partial charge in [-0.25, -0.2) is 4.99 Å². The van der Waals surface area contributed by atoms with Crippen LogP contribution in [0.15, 0.2) is 17.1 Å². The molecule has 1 rings (SSSR count). The van der Waals surface area contributed by atoms with Gasteiger partial charge in [-0.15, -0.1) is 0 Å². The van der Waals surface area contributed by atoms with Gasteiger partial charge in [0.2, 0.25) is 0 Å². The molecule has 0 spiro atoms. The molecule has 118 valence electrons. The summed E-state index contributed by atoms with van der Waals surface area (Å²) in [5.74, 6) is 1.99. The highest BCUT2D eigenvalue weighted by Crippen LogP contribution is 2.36. The van der Waals surface area contributed by atoms with E-state index in [1.54, 1.807) is 7.11 Å². The van der Waals surface area contributed by atoms with Gasteiger partial charge in [0, 0.05) is 13.1 Å². The smallest absolute Gasteiger partial charge is 0.191 e. The number of rotatable bonds is 7. The molecule has 21 heavy (non-hydrogen) atoms. The van der Waals surface area contributed by atoms with E-state index in [2.05, 4.69) is 15.6 Å². The van der Waals surface area contributed by atoms with E-state index in [1.807, 2.05) is 32.9 Å². The number of benzene rings is 1. The zero-order valence-electron chi connectivity index (χ0n) is 13.1. The number of nitrogens with zero attached hydrogens (tertiary/aromatic N) is 1. The Morgan fingerprint density at radius 1 is 1.19 bits per heavy atom. The fourth-order valence-electron chi connectivity index (χ4n) is 1.83. The predicted molar refractivity (Wildman–Crippen MR) is 87.7 cm³/mol. The molecule has 0 amide bonds. The molecule has 0 saturated carbocycles. The first-order valence-electron chi connectivity index (χ1n) is 7.17. The maximum absolute atomic E-state index is 6.24. The number of nitrogens with one attached hydrogen (secondary N) is 2. The Labute approximate surface area is 131 Å². The normalized spacial score (nSPS) is 9.95. The molecule has 2 N–H and O–H groups in total. The standard InChI is InChI=1S/C15H24ClN3O2/c1-5-17-15(18-6-2)19-10-11-8-12(16)14(21-7-3)13(9-11)20-4/h8-9H,5-7,10H2,1-4H3,(H2,17,18,19). The number of methoxy groups -OCH3 is 1. The molecular weight excluding hydrogens is 290 g/mol. The third-order valence-corrected chi connectivity index (χ3v) is 2.97. The number of aliphatic imine (C=N–C) groups is 1. The molecule has 0 fully saturated rings. The van der Waals surface area contributed by atoms with Crippen LogP contribution < -0.4 is 20.1 Å². The molecule has 0 aliphatic rings. The third kappa shape index (κ3) is 5.34. The van der Waals surface area contributed by atoms with E-state index in [0.29, 0.717) is 29.7 Å². The van der Waals surface area contributed by atoms with Crippen LogP contribution in [0.25, 0.3) is 0 Å². The van der Waals surface area contributed by atoms with E-state index in [1.165, 1.54) is 0 Å². The van der Waals surface area contributed by atoms with Crippen molar-refractivity contribution in [1.82, 2.24) is 10.6 Å². The average Bonchev–Trinajstić information content (AvgIpc) is 2.47. The topological polar surface area (TPSA) is 54.9 Å². The number of hydrogen-bond donors (Lipinski definition) is 2. The van der Waals surface area contributed by atoms with Crippen LogP contribution in [0.4, 0.5) is 0 Å². The zero-order chi connectivity index (χ0) is 15.7. The summed E-state index contributed by atoms with van der Waals surface area (Å²) >= 11 is 6.24. The summed E-state index contributed by atoms with van der Waals surface area (Å²) < 4.78 is 10.8. The van der Waals surface area contributed by atoms with Crippen molar-refractivity contribution in [2.45, 2.75) is 27.3 Å². The van der Waals surface area contributed by atoms with E-state index in [-0.39, 0.29) is 0 Å². The minimum Gasteiger partial charge on any atom is -0.493 e. The van der Waals surface area contributed by atoms with Crippen molar-refractivity contribution < 1.29 is 9.47 Å². The summed E-state index contributed by atoms with van der Waals surface area (Å²) in [6.07, 6.45) is 0. The van der Waals surface area contributed by atoms with Gasteiger partial charge in [0.1, 0.15) is 0 Å². The van der Waals surface area contributed by atoms with Crippen molar-refractivity contribution in [3.63, 3.8) is 0 Å². The van der Waals surface area contributed by atoms with Crippen LogP contribution in [0.3, 0.4) is 0 Å².